The lowest BCUT2D eigenvalue weighted by Crippen LogP contribution is -2.52. The number of carbonyl (C=O) groups is 1. The van der Waals surface area contributed by atoms with E-state index in [0.717, 1.165) is 16.7 Å². The SMILES string of the molecule is CCOC(=O)C(C#N)(C(C[N+](=O)[O-])Sc1ccccc1)n1cccc1. The molecular weight excluding hydrogens is 342 g/mol. The van der Waals surface area contributed by atoms with Gasteiger partial charge in [0.2, 0.25) is 12.1 Å². The number of nitrogens with zero attached hydrogens (tertiary/aromatic N) is 3. The third-order valence-electron chi connectivity index (χ3n) is 3.57. The molecule has 2 unspecified atom stereocenters. The van der Waals surface area contributed by atoms with Crippen LogP contribution in [0.5, 0.6) is 0 Å². The number of benzene rings is 1. The number of ether oxygens (including phenoxy) is 1. The normalized spacial score (nSPS) is 14.1. The Labute approximate surface area is 149 Å². The third kappa shape index (κ3) is 4.00. The van der Waals surface area contributed by atoms with E-state index in [1.807, 2.05) is 12.1 Å². The summed E-state index contributed by atoms with van der Waals surface area (Å²) >= 11 is 1.12. The quantitative estimate of drug-likeness (QED) is 0.311. The molecule has 130 valence electrons. The molecule has 0 aliphatic rings. The molecule has 8 heteroatoms. The molecule has 1 aromatic heterocycles. The van der Waals surface area contributed by atoms with E-state index >= 15 is 0 Å². The van der Waals surface area contributed by atoms with Gasteiger partial charge in [0.15, 0.2) is 0 Å². The molecule has 0 aliphatic heterocycles. The minimum absolute atomic E-state index is 0.0741. The van der Waals surface area contributed by atoms with Crippen LogP contribution in [0.4, 0.5) is 0 Å². The zero-order chi connectivity index (χ0) is 18.3. The monoisotopic (exact) mass is 359 g/mol. The summed E-state index contributed by atoms with van der Waals surface area (Å²) in [6.45, 7) is 1.14. The van der Waals surface area contributed by atoms with Crippen LogP contribution in [-0.2, 0) is 15.1 Å². The summed E-state index contributed by atoms with van der Waals surface area (Å²) in [5.41, 5.74) is -1.84. The van der Waals surface area contributed by atoms with E-state index in [0.29, 0.717) is 0 Å². The van der Waals surface area contributed by atoms with Crippen LogP contribution in [0.25, 0.3) is 0 Å². The topological polar surface area (TPSA) is 98.2 Å². The highest BCUT2D eigenvalue weighted by Gasteiger charge is 2.52. The molecule has 0 saturated heterocycles. The van der Waals surface area contributed by atoms with Gasteiger partial charge in [0.05, 0.1) is 6.61 Å². The van der Waals surface area contributed by atoms with Crippen LogP contribution in [0.2, 0.25) is 0 Å². The van der Waals surface area contributed by atoms with Crippen LogP contribution in [0.15, 0.2) is 59.8 Å². The Kier molecular flexibility index (Phi) is 6.19. The molecule has 2 aromatic rings. The van der Waals surface area contributed by atoms with Gasteiger partial charge in [-0.3, -0.25) is 10.1 Å². The fraction of sp³-hybridized carbons (Fsp3) is 0.294. The first-order valence-corrected chi connectivity index (χ1v) is 8.48. The van der Waals surface area contributed by atoms with Gasteiger partial charge in [0, 0.05) is 22.2 Å². The molecule has 0 aliphatic carbocycles. The highest BCUT2D eigenvalue weighted by atomic mass is 32.2. The molecule has 1 heterocycles. The number of nitriles is 1. The molecule has 25 heavy (non-hydrogen) atoms. The van der Waals surface area contributed by atoms with Crippen molar-refractivity contribution in [3.63, 3.8) is 0 Å². The molecule has 0 saturated carbocycles. The van der Waals surface area contributed by atoms with Gasteiger partial charge >= 0.3 is 5.97 Å². The molecule has 1 aromatic carbocycles. The summed E-state index contributed by atoms with van der Waals surface area (Å²) in [4.78, 5) is 24.1. The maximum atomic E-state index is 12.7. The van der Waals surface area contributed by atoms with Crippen LogP contribution in [0, 0.1) is 21.4 Å². The fourth-order valence-corrected chi connectivity index (χ4v) is 3.72. The van der Waals surface area contributed by atoms with Crippen molar-refractivity contribution in [2.24, 2.45) is 0 Å². The van der Waals surface area contributed by atoms with E-state index < -0.39 is 28.2 Å². The van der Waals surface area contributed by atoms with Gasteiger partial charge in [-0.15, -0.1) is 11.8 Å². The van der Waals surface area contributed by atoms with Crippen molar-refractivity contribution >= 4 is 17.7 Å². The number of nitro groups is 1. The summed E-state index contributed by atoms with van der Waals surface area (Å²) in [5.74, 6) is -0.802. The summed E-state index contributed by atoms with van der Waals surface area (Å²) in [5, 5.41) is 20.2. The minimum Gasteiger partial charge on any atom is -0.463 e. The predicted molar refractivity (Wildman–Crippen MR) is 92.6 cm³/mol. The maximum Gasteiger partial charge on any atom is 0.348 e. The predicted octanol–water partition coefficient (Wildman–Crippen LogP) is 2.71. The van der Waals surface area contributed by atoms with E-state index in [2.05, 4.69) is 0 Å². The Morgan fingerprint density at radius 2 is 2.00 bits per heavy atom. The van der Waals surface area contributed by atoms with Crippen LogP contribution >= 0.6 is 11.8 Å². The number of rotatable bonds is 8. The number of carbonyl (C=O) groups excluding carboxylic acids is 1. The van der Waals surface area contributed by atoms with Gasteiger partial charge in [-0.1, -0.05) is 18.2 Å². The molecule has 0 fully saturated rings. The Hall–Kier alpha value is -2.79. The van der Waals surface area contributed by atoms with E-state index in [1.54, 1.807) is 55.7 Å². The van der Waals surface area contributed by atoms with Crippen LogP contribution < -0.4 is 0 Å². The van der Waals surface area contributed by atoms with E-state index in [4.69, 9.17) is 4.74 Å². The minimum atomic E-state index is -1.84. The van der Waals surface area contributed by atoms with Crippen molar-refractivity contribution in [1.29, 1.82) is 5.26 Å². The van der Waals surface area contributed by atoms with Crippen LogP contribution in [0.1, 0.15) is 6.92 Å². The lowest BCUT2D eigenvalue weighted by Gasteiger charge is -2.31. The molecule has 0 spiro atoms. The molecule has 7 nitrogen and oxygen atoms in total. The number of hydrogen-bond acceptors (Lipinski definition) is 6. The Morgan fingerprint density at radius 3 is 2.52 bits per heavy atom. The van der Waals surface area contributed by atoms with Gasteiger partial charge in [-0.2, -0.15) is 5.26 Å². The number of hydrogen-bond donors (Lipinski definition) is 0. The van der Waals surface area contributed by atoms with E-state index in [9.17, 15) is 20.2 Å². The molecule has 2 rings (SSSR count). The number of thioether (sulfide) groups is 1. The van der Waals surface area contributed by atoms with Crippen molar-refractivity contribution in [2.75, 3.05) is 13.2 Å². The van der Waals surface area contributed by atoms with Crippen molar-refractivity contribution < 1.29 is 14.5 Å². The Morgan fingerprint density at radius 1 is 1.36 bits per heavy atom. The average molecular weight is 359 g/mol. The first-order valence-electron chi connectivity index (χ1n) is 7.60. The third-order valence-corrected chi connectivity index (χ3v) is 4.89. The van der Waals surface area contributed by atoms with Crippen molar-refractivity contribution in [3.05, 3.63) is 65.0 Å². The van der Waals surface area contributed by atoms with Crippen molar-refractivity contribution in [3.8, 4) is 6.07 Å². The van der Waals surface area contributed by atoms with Crippen molar-refractivity contribution in [1.82, 2.24) is 4.57 Å². The standard InChI is InChI=1S/C17H17N3O4S/c1-2-24-16(21)17(13-18,19-10-6-7-11-19)15(12-20(22)23)25-14-8-4-3-5-9-14/h3-11,15H,2,12H2,1H3. The first-order chi connectivity index (χ1) is 12.0. The van der Waals surface area contributed by atoms with E-state index in [-0.39, 0.29) is 6.61 Å². The van der Waals surface area contributed by atoms with Gasteiger partial charge in [-0.25, -0.2) is 4.79 Å². The lowest BCUT2D eigenvalue weighted by molar-refractivity contribution is -0.480. The second kappa shape index (κ2) is 8.35. The van der Waals surface area contributed by atoms with Gasteiger partial charge in [0.1, 0.15) is 11.3 Å². The molecular formula is C17H17N3O4S. The number of aromatic nitrogens is 1. The zero-order valence-corrected chi connectivity index (χ0v) is 14.4. The average Bonchev–Trinajstić information content (AvgIpc) is 3.11. The van der Waals surface area contributed by atoms with Gasteiger partial charge < -0.3 is 9.30 Å². The highest BCUT2D eigenvalue weighted by Crippen LogP contribution is 2.36. The summed E-state index contributed by atoms with van der Waals surface area (Å²) < 4.78 is 6.49. The van der Waals surface area contributed by atoms with Crippen molar-refractivity contribution in [2.45, 2.75) is 22.6 Å². The zero-order valence-electron chi connectivity index (χ0n) is 13.6. The first kappa shape index (κ1) is 18.5. The van der Waals surface area contributed by atoms with Crippen LogP contribution in [0.3, 0.4) is 0 Å². The van der Waals surface area contributed by atoms with Gasteiger partial charge in [-0.05, 0) is 31.2 Å². The number of esters is 1. The second-order valence-electron chi connectivity index (χ2n) is 5.12. The van der Waals surface area contributed by atoms with Crippen LogP contribution in [-0.4, -0.2) is 33.9 Å². The summed E-state index contributed by atoms with van der Waals surface area (Å²) in [7, 11) is 0. The maximum absolute atomic E-state index is 12.7. The second-order valence-corrected chi connectivity index (χ2v) is 6.40. The fourth-order valence-electron chi connectivity index (χ4n) is 2.44. The summed E-state index contributed by atoms with van der Waals surface area (Å²) in [6.07, 6.45) is 3.08. The summed E-state index contributed by atoms with van der Waals surface area (Å²) in [6, 6.07) is 14.3. The molecule has 2 atom stereocenters. The molecule has 0 bridgehead atoms. The lowest BCUT2D eigenvalue weighted by atomic mass is 9.96. The Balaban J connectivity index is 2.54. The van der Waals surface area contributed by atoms with Gasteiger partial charge in [0.25, 0.3) is 0 Å². The largest absolute Gasteiger partial charge is 0.463 e. The van der Waals surface area contributed by atoms with E-state index in [1.165, 1.54) is 4.57 Å². The highest BCUT2D eigenvalue weighted by molar-refractivity contribution is 8.00. The Bertz CT molecular complexity index is 758. The molecule has 0 N–H and O–H groups in total. The molecule has 0 radical (unpaired) electrons. The molecule has 0 amide bonds. The smallest absolute Gasteiger partial charge is 0.348 e.